The van der Waals surface area contributed by atoms with Crippen molar-refractivity contribution in [2.75, 3.05) is 26.7 Å². The Morgan fingerprint density at radius 3 is 2.65 bits per heavy atom. The third-order valence-electron chi connectivity index (χ3n) is 4.25. The van der Waals surface area contributed by atoms with Crippen molar-refractivity contribution in [1.29, 1.82) is 0 Å². The van der Waals surface area contributed by atoms with Gasteiger partial charge in [-0.25, -0.2) is 0 Å². The van der Waals surface area contributed by atoms with Gasteiger partial charge in [0.1, 0.15) is 5.75 Å². The number of likely N-dealkylation sites (tertiary alicyclic amines) is 1. The van der Waals surface area contributed by atoms with E-state index in [2.05, 4.69) is 5.32 Å². The molecule has 0 atom stereocenters. The number of amides is 2. The third-order valence-corrected chi connectivity index (χ3v) is 4.48. The number of benzene rings is 1. The Morgan fingerprint density at radius 1 is 1.35 bits per heavy atom. The summed E-state index contributed by atoms with van der Waals surface area (Å²) >= 11 is 6.00. The van der Waals surface area contributed by atoms with E-state index in [0.29, 0.717) is 31.1 Å². The molecule has 1 heterocycles. The molecule has 0 unspecified atom stereocenters. The highest BCUT2D eigenvalue weighted by molar-refractivity contribution is 6.30. The van der Waals surface area contributed by atoms with E-state index in [1.54, 1.807) is 25.0 Å². The molecule has 2 amide bonds. The number of nitrogens with zero attached hydrogens (tertiary/aromatic N) is 1. The van der Waals surface area contributed by atoms with Crippen molar-refractivity contribution in [1.82, 2.24) is 10.2 Å². The van der Waals surface area contributed by atoms with E-state index in [1.807, 2.05) is 12.1 Å². The van der Waals surface area contributed by atoms with E-state index in [9.17, 15) is 9.59 Å². The molecule has 1 fully saturated rings. The number of hydrogen-bond acceptors (Lipinski definition) is 3. The summed E-state index contributed by atoms with van der Waals surface area (Å²) in [4.78, 5) is 25.3. The first-order valence-corrected chi connectivity index (χ1v) is 8.24. The molecule has 1 saturated heterocycles. The van der Waals surface area contributed by atoms with Crippen molar-refractivity contribution in [2.45, 2.75) is 26.2 Å². The molecule has 1 aromatic carbocycles. The van der Waals surface area contributed by atoms with Crippen LogP contribution in [0, 0.1) is 5.92 Å². The molecule has 0 aliphatic carbocycles. The van der Waals surface area contributed by atoms with Crippen LogP contribution in [0.3, 0.4) is 0 Å². The van der Waals surface area contributed by atoms with Crippen LogP contribution in [0.4, 0.5) is 0 Å². The average Bonchev–Trinajstić information content (AvgIpc) is 2.55. The van der Waals surface area contributed by atoms with Crippen molar-refractivity contribution in [2.24, 2.45) is 5.92 Å². The molecule has 0 bridgehead atoms. The Balaban J connectivity index is 1.79. The van der Waals surface area contributed by atoms with Gasteiger partial charge in [-0.2, -0.15) is 0 Å². The van der Waals surface area contributed by atoms with Gasteiger partial charge >= 0.3 is 0 Å². The maximum absolute atomic E-state index is 12.2. The summed E-state index contributed by atoms with van der Waals surface area (Å²) in [6, 6.07) is 5.47. The number of rotatable bonds is 5. The second-order valence-electron chi connectivity index (χ2n) is 5.78. The number of ether oxygens (including phenoxy) is 1. The molecule has 1 aliphatic rings. The van der Waals surface area contributed by atoms with E-state index in [1.165, 1.54) is 0 Å². The molecule has 0 aromatic heterocycles. The molecule has 0 radical (unpaired) electrons. The van der Waals surface area contributed by atoms with Crippen LogP contribution >= 0.6 is 11.6 Å². The summed E-state index contributed by atoms with van der Waals surface area (Å²) in [5.74, 6) is 0.913. The van der Waals surface area contributed by atoms with Gasteiger partial charge in [-0.3, -0.25) is 9.59 Å². The normalized spacial score (nSPS) is 15.3. The van der Waals surface area contributed by atoms with Crippen LogP contribution in [0.5, 0.6) is 5.75 Å². The lowest BCUT2D eigenvalue weighted by Crippen LogP contribution is -2.42. The van der Waals surface area contributed by atoms with Crippen molar-refractivity contribution in [3.8, 4) is 5.75 Å². The molecule has 1 aliphatic heterocycles. The van der Waals surface area contributed by atoms with Gasteiger partial charge in [0.15, 0.2) is 0 Å². The zero-order valence-electron chi connectivity index (χ0n) is 13.6. The number of carbonyl (C=O) groups is 2. The second-order valence-corrected chi connectivity index (χ2v) is 6.21. The standard InChI is InChI=1S/C17H23ClN2O3/c1-12(21)20-9-6-13(7-10-20)17(22)19-8-5-14-11-15(18)3-4-16(14)23-2/h3-4,11,13H,5-10H2,1-2H3,(H,19,22). The van der Waals surface area contributed by atoms with Gasteiger partial charge in [-0.15, -0.1) is 0 Å². The molecule has 1 N–H and O–H groups in total. The van der Waals surface area contributed by atoms with Gasteiger partial charge < -0.3 is 15.0 Å². The van der Waals surface area contributed by atoms with Gasteiger partial charge in [0.25, 0.3) is 0 Å². The summed E-state index contributed by atoms with van der Waals surface area (Å²) in [6.45, 7) is 3.44. The van der Waals surface area contributed by atoms with Gasteiger partial charge in [0.2, 0.25) is 11.8 Å². The molecule has 126 valence electrons. The third kappa shape index (κ3) is 4.86. The Morgan fingerprint density at radius 2 is 2.04 bits per heavy atom. The van der Waals surface area contributed by atoms with Crippen molar-refractivity contribution < 1.29 is 14.3 Å². The number of halogens is 1. The van der Waals surface area contributed by atoms with E-state index < -0.39 is 0 Å². The largest absolute Gasteiger partial charge is 0.496 e. The SMILES string of the molecule is COc1ccc(Cl)cc1CCNC(=O)C1CCN(C(C)=O)CC1. The molecule has 23 heavy (non-hydrogen) atoms. The zero-order chi connectivity index (χ0) is 16.8. The summed E-state index contributed by atoms with van der Waals surface area (Å²) < 4.78 is 5.30. The van der Waals surface area contributed by atoms with E-state index in [4.69, 9.17) is 16.3 Å². The van der Waals surface area contributed by atoms with Crippen molar-refractivity contribution in [3.63, 3.8) is 0 Å². The minimum Gasteiger partial charge on any atom is -0.496 e. The number of nitrogens with one attached hydrogen (secondary N) is 1. The van der Waals surface area contributed by atoms with Crippen LogP contribution in [0.2, 0.25) is 5.02 Å². The Bertz CT molecular complexity index is 569. The minimum atomic E-state index is -0.00754. The fourth-order valence-electron chi connectivity index (χ4n) is 2.86. The first kappa shape index (κ1) is 17.6. The van der Waals surface area contributed by atoms with Crippen molar-refractivity contribution >= 4 is 23.4 Å². The molecule has 6 heteroatoms. The molecular formula is C17H23ClN2O3. The first-order chi connectivity index (χ1) is 11.0. The maximum atomic E-state index is 12.2. The van der Waals surface area contributed by atoms with Crippen LogP contribution in [-0.2, 0) is 16.0 Å². The predicted molar refractivity (Wildman–Crippen MR) is 89.7 cm³/mol. The number of piperidine rings is 1. The summed E-state index contributed by atoms with van der Waals surface area (Å²) in [5, 5.41) is 3.63. The second kappa shape index (κ2) is 8.20. The van der Waals surface area contributed by atoms with E-state index >= 15 is 0 Å². The van der Waals surface area contributed by atoms with Gasteiger partial charge in [0.05, 0.1) is 7.11 Å². The minimum absolute atomic E-state index is 0.00754. The van der Waals surface area contributed by atoms with Gasteiger partial charge in [-0.1, -0.05) is 11.6 Å². The van der Waals surface area contributed by atoms with Crippen LogP contribution < -0.4 is 10.1 Å². The van der Waals surface area contributed by atoms with Gasteiger partial charge in [0, 0.05) is 37.5 Å². The fraction of sp³-hybridized carbons (Fsp3) is 0.529. The van der Waals surface area contributed by atoms with E-state index in [-0.39, 0.29) is 17.7 Å². The maximum Gasteiger partial charge on any atom is 0.223 e. The summed E-state index contributed by atoms with van der Waals surface area (Å²) in [7, 11) is 1.62. The fourth-order valence-corrected chi connectivity index (χ4v) is 3.06. The van der Waals surface area contributed by atoms with Crippen LogP contribution in [0.25, 0.3) is 0 Å². The predicted octanol–water partition coefficient (Wildman–Crippen LogP) is 2.27. The van der Waals surface area contributed by atoms with E-state index in [0.717, 1.165) is 24.2 Å². The lowest BCUT2D eigenvalue weighted by molar-refractivity contribution is -0.133. The molecule has 1 aromatic rings. The zero-order valence-corrected chi connectivity index (χ0v) is 14.4. The first-order valence-electron chi connectivity index (χ1n) is 7.87. The average molecular weight is 339 g/mol. The monoisotopic (exact) mass is 338 g/mol. The summed E-state index contributed by atoms with van der Waals surface area (Å²) in [6.07, 6.45) is 2.12. The van der Waals surface area contributed by atoms with Crippen LogP contribution in [-0.4, -0.2) is 43.5 Å². The number of hydrogen-bond donors (Lipinski definition) is 1. The van der Waals surface area contributed by atoms with Crippen molar-refractivity contribution in [3.05, 3.63) is 28.8 Å². The Kier molecular flexibility index (Phi) is 6.28. The Hall–Kier alpha value is -1.75. The number of carbonyl (C=O) groups excluding carboxylic acids is 2. The molecule has 2 rings (SSSR count). The molecular weight excluding hydrogens is 316 g/mol. The summed E-state index contributed by atoms with van der Waals surface area (Å²) in [5.41, 5.74) is 0.978. The molecule has 0 spiro atoms. The molecule has 0 saturated carbocycles. The van der Waals surface area contributed by atoms with Crippen LogP contribution in [0.15, 0.2) is 18.2 Å². The topological polar surface area (TPSA) is 58.6 Å². The molecule has 5 nitrogen and oxygen atoms in total. The quantitative estimate of drug-likeness (QED) is 0.896. The van der Waals surface area contributed by atoms with Gasteiger partial charge in [-0.05, 0) is 43.0 Å². The van der Waals surface area contributed by atoms with Crippen LogP contribution in [0.1, 0.15) is 25.3 Å². The highest BCUT2D eigenvalue weighted by Crippen LogP contribution is 2.23. The lowest BCUT2D eigenvalue weighted by Gasteiger charge is -2.30. The highest BCUT2D eigenvalue weighted by Gasteiger charge is 2.25. The smallest absolute Gasteiger partial charge is 0.223 e. The lowest BCUT2D eigenvalue weighted by atomic mass is 9.96. The Labute approximate surface area is 141 Å². The highest BCUT2D eigenvalue weighted by atomic mass is 35.5. The number of methoxy groups -OCH3 is 1.